The SMILES string of the molecule is O=S(=O)(Nc1ccc(Cl)c(Br)c1)c1ccc(Br)s1. The molecule has 0 fully saturated rings. The highest BCUT2D eigenvalue weighted by molar-refractivity contribution is 9.11. The predicted molar refractivity (Wildman–Crippen MR) is 82.0 cm³/mol. The largest absolute Gasteiger partial charge is 0.279 e. The molecule has 0 radical (unpaired) electrons. The van der Waals surface area contributed by atoms with Crippen LogP contribution in [-0.4, -0.2) is 8.42 Å². The molecular formula is C10H6Br2ClNO2S2. The third-order valence-electron chi connectivity index (χ3n) is 1.99. The summed E-state index contributed by atoms with van der Waals surface area (Å²) in [4.78, 5) is 0. The summed E-state index contributed by atoms with van der Waals surface area (Å²) in [5, 5.41) is 0.525. The van der Waals surface area contributed by atoms with Crippen molar-refractivity contribution in [2.75, 3.05) is 4.72 Å². The summed E-state index contributed by atoms with van der Waals surface area (Å²) in [6, 6.07) is 8.07. The van der Waals surface area contributed by atoms with Crippen molar-refractivity contribution in [1.29, 1.82) is 0 Å². The number of halogens is 3. The molecule has 3 nitrogen and oxygen atoms in total. The Morgan fingerprint density at radius 3 is 2.44 bits per heavy atom. The highest BCUT2D eigenvalue weighted by Gasteiger charge is 2.16. The zero-order chi connectivity index (χ0) is 13.3. The van der Waals surface area contributed by atoms with E-state index in [1.54, 1.807) is 30.3 Å². The van der Waals surface area contributed by atoms with E-state index in [0.29, 0.717) is 15.2 Å². The van der Waals surface area contributed by atoms with Gasteiger partial charge in [0.05, 0.1) is 14.5 Å². The maximum atomic E-state index is 12.0. The molecule has 0 aliphatic heterocycles. The van der Waals surface area contributed by atoms with Gasteiger partial charge < -0.3 is 0 Å². The van der Waals surface area contributed by atoms with Crippen LogP contribution in [0.3, 0.4) is 0 Å². The van der Waals surface area contributed by atoms with Crippen molar-refractivity contribution in [1.82, 2.24) is 0 Å². The van der Waals surface area contributed by atoms with Gasteiger partial charge in [-0.3, -0.25) is 4.72 Å². The van der Waals surface area contributed by atoms with Crippen LogP contribution in [0.1, 0.15) is 0 Å². The Morgan fingerprint density at radius 1 is 1.17 bits per heavy atom. The van der Waals surface area contributed by atoms with Gasteiger partial charge in [0.15, 0.2) is 0 Å². The molecule has 0 spiro atoms. The Labute approximate surface area is 130 Å². The van der Waals surface area contributed by atoms with Crippen LogP contribution in [0.25, 0.3) is 0 Å². The fourth-order valence-electron chi connectivity index (χ4n) is 1.21. The molecule has 1 aromatic carbocycles. The van der Waals surface area contributed by atoms with Crippen LogP contribution in [0.2, 0.25) is 5.02 Å². The molecule has 1 N–H and O–H groups in total. The van der Waals surface area contributed by atoms with Gasteiger partial charge in [-0.15, -0.1) is 11.3 Å². The first kappa shape index (κ1) is 14.3. The van der Waals surface area contributed by atoms with Gasteiger partial charge in [-0.1, -0.05) is 11.6 Å². The van der Waals surface area contributed by atoms with Crippen LogP contribution >= 0.6 is 54.8 Å². The molecule has 2 rings (SSSR count). The first-order valence-corrected chi connectivity index (χ1v) is 8.88. The van der Waals surface area contributed by atoms with Gasteiger partial charge in [0.2, 0.25) is 0 Å². The summed E-state index contributed by atoms with van der Waals surface area (Å²) < 4.78 is 28.2. The van der Waals surface area contributed by atoms with Crippen LogP contribution in [-0.2, 0) is 10.0 Å². The van der Waals surface area contributed by atoms with Crippen molar-refractivity contribution in [2.45, 2.75) is 4.21 Å². The van der Waals surface area contributed by atoms with Crippen LogP contribution in [0.5, 0.6) is 0 Å². The molecule has 0 saturated heterocycles. The highest BCUT2D eigenvalue weighted by atomic mass is 79.9. The molecule has 1 aromatic heterocycles. The minimum Gasteiger partial charge on any atom is -0.279 e. The number of sulfonamides is 1. The van der Waals surface area contributed by atoms with Crippen molar-refractivity contribution in [3.63, 3.8) is 0 Å². The molecule has 2 aromatic rings. The van der Waals surface area contributed by atoms with Crippen molar-refractivity contribution in [2.24, 2.45) is 0 Å². The zero-order valence-corrected chi connectivity index (χ0v) is 14.2. The lowest BCUT2D eigenvalue weighted by molar-refractivity contribution is 0.603. The van der Waals surface area contributed by atoms with Gasteiger partial charge in [0.25, 0.3) is 10.0 Å². The van der Waals surface area contributed by atoms with E-state index in [0.717, 1.165) is 15.1 Å². The van der Waals surface area contributed by atoms with Gasteiger partial charge in [-0.05, 0) is 62.2 Å². The summed E-state index contributed by atoms with van der Waals surface area (Å²) in [5.74, 6) is 0. The van der Waals surface area contributed by atoms with Gasteiger partial charge in [0, 0.05) is 4.47 Å². The molecule has 0 atom stereocenters. The second-order valence-electron chi connectivity index (χ2n) is 3.29. The molecule has 1 heterocycles. The van der Waals surface area contributed by atoms with E-state index in [-0.39, 0.29) is 4.21 Å². The van der Waals surface area contributed by atoms with Crippen molar-refractivity contribution < 1.29 is 8.42 Å². The Kier molecular flexibility index (Phi) is 4.38. The first-order valence-electron chi connectivity index (χ1n) is 4.62. The lowest BCUT2D eigenvalue weighted by Gasteiger charge is -2.07. The smallest absolute Gasteiger partial charge is 0.271 e. The zero-order valence-electron chi connectivity index (χ0n) is 8.65. The van der Waals surface area contributed by atoms with Gasteiger partial charge in [-0.25, -0.2) is 8.42 Å². The Hall–Kier alpha value is -0.0800. The average Bonchev–Trinajstić information content (AvgIpc) is 2.71. The summed E-state index contributed by atoms with van der Waals surface area (Å²) in [5.41, 5.74) is 0.454. The second kappa shape index (κ2) is 5.50. The van der Waals surface area contributed by atoms with Crippen LogP contribution in [0, 0.1) is 0 Å². The molecule has 0 aliphatic carbocycles. The van der Waals surface area contributed by atoms with E-state index < -0.39 is 10.0 Å². The van der Waals surface area contributed by atoms with E-state index >= 15 is 0 Å². The topological polar surface area (TPSA) is 46.2 Å². The van der Waals surface area contributed by atoms with E-state index in [2.05, 4.69) is 36.6 Å². The number of benzene rings is 1. The summed E-state index contributed by atoms with van der Waals surface area (Å²) in [6.07, 6.45) is 0. The first-order chi connectivity index (χ1) is 8.38. The number of anilines is 1. The number of hydrogen-bond acceptors (Lipinski definition) is 3. The van der Waals surface area contributed by atoms with Crippen molar-refractivity contribution in [3.05, 3.63) is 43.6 Å². The maximum Gasteiger partial charge on any atom is 0.271 e. The summed E-state index contributed by atoms with van der Waals surface area (Å²) in [6.45, 7) is 0. The third kappa shape index (κ3) is 3.27. The molecule has 18 heavy (non-hydrogen) atoms. The fourth-order valence-corrected chi connectivity index (χ4v) is 4.76. The number of nitrogens with one attached hydrogen (secondary N) is 1. The summed E-state index contributed by atoms with van der Waals surface area (Å²) >= 11 is 13.5. The van der Waals surface area contributed by atoms with Crippen LogP contribution in [0.15, 0.2) is 42.8 Å². The molecule has 0 bridgehead atoms. The number of rotatable bonds is 3. The highest BCUT2D eigenvalue weighted by Crippen LogP contribution is 2.30. The standard InChI is InChI=1S/C10H6Br2ClNO2S2/c11-7-5-6(1-2-8(7)13)14-18(15,16)10-4-3-9(12)17-10/h1-5,14H. The molecule has 0 amide bonds. The normalized spacial score (nSPS) is 11.5. The van der Waals surface area contributed by atoms with Crippen molar-refractivity contribution >= 4 is 70.5 Å². The lowest BCUT2D eigenvalue weighted by atomic mass is 10.3. The fraction of sp³-hybridized carbons (Fsp3) is 0. The van der Waals surface area contributed by atoms with E-state index in [1.807, 2.05) is 0 Å². The molecule has 96 valence electrons. The molecular weight excluding hydrogens is 426 g/mol. The van der Waals surface area contributed by atoms with Gasteiger partial charge in [-0.2, -0.15) is 0 Å². The van der Waals surface area contributed by atoms with E-state index in [9.17, 15) is 8.42 Å². The Bertz CT molecular complexity index is 685. The Balaban J connectivity index is 2.30. The monoisotopic (exact) mass is 429 g/mol. The minimum absolute atomic E-state index is 0.250. The lowest BCUT2D eigenvalue weighted by Crippen LogP contribution is -2.11. The summed E-state index contributed by atoms with van der Waals surface area (Å²) in [7, 11) is -3.55. The minimum atomic E-state index is -3.55. The van der Waals surface area contributed by atoms with Gasteiger partial charge in [0.1, 0.15) is 4.21 Å². The van der Waals surface area contributed by atoms with E-state index in [1.165, 1.54) is 0 Å². The molecule has 0 unspecified atom stereocenters. The molecule has 0 aliphatic rings. The van der Waals surface area contributed by atoms with Crippen LogP contribution in [0.4, 0.5) is 5.69 Å². The molecule has 0 saturated carbocycles. The number of hydrogen-bond donors (Lipinski definition) is 1. The molecule has 8 heteroatoms. The number of thiophene rings is 1. The third-order valence-corrected chi connectivity index (χ3v) is 6.70. The predicted octanol–water partition coefficient (Wildman–Crippen LogP) is 4.73. The average molecular weight is 432 g/mol. The second-order valence-corrected chi connectivity index (χ2v) is 8.93. The van der Waals surface area contributed by atoms with Crippen LogP contribution < -0.4 is 4.72 Å². The Morgan fingerprint density at radius 2 is 1.89 bits per heavy atom. The quantitative estimate of drug-likeness (QED) is 0.764. The van der Waals surface area contributed by atoms with Crippen molar-refractivity contribution in [3.8, 4) is 0 Å². The maximum absolute atomic E-state index is 12.0. The van der Waals surface area contributed by atoms with E-state index in [4.69, 9.17) is 11.6 Å². The van der Waals surface area contributed by atoms with Gasteiger partial charge >= 0.3 is 0 Å².